The number of nitrogens with zero attached hydrogens (tertiary/aromatic N) is 1. The molecule has 0 aliphatic carbocycles. The highest BCUT2D eigenvalue weighted by atomic mass is 35.5. The Morgan fingerprint density at radius 3 is 2.56 bits per heavy atom. The number of carbonyl (C=O) groups is 2. The van der Waals surface area contributed by atoms with Crippen LogP contribution < -0.4 is 10.1 Å². The van der Waals surface area contributed by atoms with E-state index in [0.29, 0.717) is 24.5 Å². The van der Waals surface area contributed by atoms with Gasteiger partial charge in [-0.05, 0) is 37.1 Å². The molecule has 0 saturated heterocycles. The molecule has 7 heteroatoms. The molecule has 0 spiro atoms. The van der Waals surface area contributed by atoms with Crippen molar-refractivity contribution in [2.45, 2.75) is 26.7 Å². The number of rotatable bonds is 8. The van der Waals surface area contributed by atoms with Crippen LogP contribution in [0.4, 0.5) is 5.69 Å². The fourth-order valence-electron chi connectivity index (χ4n) is 2.40. The molecule has 0 radical (unpaired) electrons. The van der Waals surface area contributed by atoms with E-state index in [9.17, 15) is 9.59 Å². The lowest BCUT2D eigenvalue weighted by Crippen LogP contribution is -2.17. The Hall–Kier alpha value is -2.44. The van der Waals surface area contributed by atoms with Gasteiger partial charge in [-0.15, -0.1) is 0 Å². The molecule has 1 amide bonds. The molecular formula is C20H23ClN2O4. The number of amides is 1. The minimum Gasteiger partial charge on any atom is -0.490 e. The summed E-state index contributed by atoms with van der Waals surface area (Å²) in [6.45, 7) is 6.08. The van der Waals surface area contributed by atoms with Gasteiger partial charge in [0.25, 0.3) is 5.91 Å². The molecule has 0 atom stereocenters. The maximum absolute atomic E-state index is 12.7. The van der Waals surface area contributed by atoms with Crippen LogP contribution in [0.15, 0.2) is 30.3 Å². The van der Waals surface area contributed by atoms with Crippen LogP contribution in [-0.2, 0) is 4.74 Å². The molecule has 1 aromatic heterocycles. The molecular weight excluding hydrogens is 368 g/mol. The summed E-state index contributed by atoms with van der Waals surface area (Å²) in [4.78, 5) is 29.0. The van der Waals surface area contributed by atoms with Gasteiger partial charge < -0.3 is 14.8 Å². The molecule has 0 saturated carbocycles. The normalized spacial score (nSPS) is 10.7. The second-order valence-electron chi connectivity index (χ2n) is 6.25. The zero-order valence-corrected chi connectivity index (χ0v) is 16.6. The Balaban J connectivity index is 2.35. The third-order valence-corrected chi connectivity index (χ3v) is 4.24. The van der Waals surface area contributed by atoms with Crippen molar-refractivity contribution in [3.8, 4) is 5.75 Å². The van der Waals surface area contributed by atoms with Gasteiger partial charge in [-0.2, -0.15) is 0 Å². The first kappa shape index (κ1) is 20.9. The molecule has 1 aromatic carbocycles. The van der Waals surface area contributed by atoms with Gasteiger partial charge in [0, 0.05) is 18.4 Å². The maximum Gasteiger partial charge on any atom is 0.274 e. The second kappa shape index (κ2) is 9.48. The second-order valence-corrected chi connectivity index (χ2v) is 6.63. The van der Waals surface area contributed by atoms with E-state index in [2.05, 4.69) is 10.3 Å². The Bertz CT molecular complexity index is 837. The number of pyridine rings is 1. The van der Waals surface area contributed by atoms with Crippen LogP contribution in [-0.4, -0.2) is 37.0 Å². The predicted octanol–water partition coefficient (Wildman–Crippen LogP) is 4.34. The van der Waals surface area contributed by atoms with E-state index in [-0.39, 0.29) is 28.1 Å². The summed E-state index contributed by atoms with van der Waals surface area (Å²) in [5.74, 6) is -0.125. The summed E-state index contributed by atoms with van der Waals surface area (Å²) in [7, 11) is 1.56. The Morgan fingerprint density at radius 1 is 1.19 bits per heavy atom. The number of halogens is 1. The molecule has 27 heavy (non-hydrogen) atoms. The largest absolute Gasteiger partial charge is 0.490 e. The van der Waals surface area contributed by atoms with Crippen molar-refractivity contribution in [1.82, 2.24) is 4.98 Å². The lowest BCUT2D eigenvalue weighted by molar-refractivity contribution is 0.101. The number of methoxy groups -OCH3 is 1. The van der Waals surface area contributed by atoms with Crippen molar-refractivity contribution in [3.63, 3.8) is 0 Å². The lowest BCUT2D eigenvalue weighted by Gasteiger charge is -2.15. The number of hydrogen-bond donors (Lipinski definition) is 1. The van der Waals surface area contributed by atoms with Crippen molar-refractivity contribution in [3.05, 3.63) is 52.3 Å². The summed E-state index contributed by atoms with van der Waals surface area (Å²) in [6.07, 6.45) is 0. The Morgan fingerprint density at radius 2 is 1.93 bits per heavy atom. The van der Waals surface area contributed by atoms with Crippen LogP contribution in [0.2, 0.25) is 5.02 Å². The average Bonchev–Trinajstić information content (AvgIpc) is 2.64. The van der Waals surface area contributed by atoms with Crippen molar-refractivity contribution in [2.24, 2.45) is 0 Å². The molecule has 0 bridgehead atoms. The van der Waals surface area contributed by atoms with Crippen LogP contribution in [0.1, 0.15) is 53.2 Å². The number of hydrogen-bond acceptors (Lipinski definition) is 5. The highest BCUT2D eigenvalue weighted by Crippen LogP contribution is 2.36. The standard InChI is InChI=1S/C20H23ClN2O4/c1-12(2)15-6-5-7-16(22-15)20(25)23-19-14(13(3)24)8-9-17(18(19)21)27-11-10-26-4/h5-9,12H,10-11H2,1-4H3,(H,23,25). The van der Waals surface area contributed by atoms with Crippen molar-refractivity contribution in [2.75, 3.05) is 25.6 Å². The highest BCUT2D eigenvalue weighted by Gasteiger charge is 2.19. The summed E-state index contributed by atoms with van der Waals surface area (Å²) in [6, 6.07) is 8.42. The number of anilines is 1. The van der Waals surface area contributed by atoms with Crippen molar-refractivity contribution >= 4 is 29.0 Å². The number of ketones is 1. The number of benzene rings is 1. The molecule has 1 heterocycles. The minimum atomic E-state index is -0.448. The molecule has 2 rings (SSSR count). The quantitative estimate of drug-likeness (QED) is 0.536. The maximum atomic E-state index is 12.7. The number of Topliss-reactive ketones (excluding diaryl/α,β-unsaturated/α-hetero) is 1. The van der Waals surface area contributed by atoms with Gasteiger partial charge in [-0.25, -0.2) is 4.98 Å². The predicted molar refractivity (Wildman–Crippen MR) is 105 cm³/mol. The van der Waals surface area contributed by atoms with E-state index in [0.717, 1.165) is 5.69 Å². The molecule has 0 unspecified atom stereocenters. The van der Waals surface area contributed by atoms with Crippen LogP contribution in [0.3, 0.4) is 0 Å². The zero-order valence-electron chi connectivity index (χ0n) is 15.8. The van der Waals surface area contributed by atoms with Gasteiger partial charge in [0.15, 0.2) is 5.78 Å². The molecule has 144 valence electrons. The fraction of sp³-hybridized carbons (Fsp3) is 0.350. The lowest BCUT2D eigenvalue weighted by atomic mass is 10.1. The smallest absolute Gasteiger partial charge is 0.274 e. The summed E-state index contributed by atoms with van der Waals surface area (Å²) in [5, 5.41) is 2.87. The number of carbonyl (C=O) groups excluding carboxylic acids is 2. The minimum absolute atomic E-state index is 0.159. The molecule has 0 fully saturated rings. The molecule has 0 aliphatic rings. The van der Waals surface area contributed by atoms with Gasteiger partial charge >= 0.3 is 0 Å². The monoisotopic (exact) mass is 390 g/mol. The first-order chi connectivity index (χ1) is 12.8. The first-order valence-corrected chi connectivity index (χ1v) is 8.96. The molecule has 2 aromatic rings. The summed E-state index contributed by atoms with van der Waals surface area (Å²) in [5.41, 5.74) is 1.56. The first-order valence-electron chi connectivity index (χ1n) is 8.58. The topological polar surface area (TPSA) is 77.5 Å². The zero-order chi connectivity index (χ0) is 20.0. The summed E-state index contributed by atoms with van der Waals surface area (Å²) < 4.78 is 10.5. The summed E-state index contributed by atoms with van der Waals surface area (Å²) >= 11 is 6.40. The van der Waals surface area contributed by atoms with E-state index in [4.69, 9.17) is 21.1 Å². The number of aromatic nitrogens is 1. The van der Waals surface area contributed by atoms with Crippen molar-refractivity contribution in [1.29, 1.82) is 0 Å². The third kappa shape index (κ3) is 5.28. The fourth-order valence-corrected chi connectivity index (χ4v) is 2.66. The van der Waals surface area contributed by atoms with Crippen LogP contribution in [0.25, 0.3) is 0 Å². The van der Waals surface area contributed by atoms with Crippen LogP contribution in [0, 0.1) is 0 Å². The van der Waals surface area contributed by atoms with E-state index in [1.165, 1.54) is 6.92 Å². The van der Waals surface area contributed by atoms with Gasteiger partial charge in [-0.3, -0.25) is 9.59 Å². The molecule has 1 N–H and O–H groups in total. The highest BCUT2D eigenvalue weighted by molar-refractivity contribution is 6.36. The van der Waals surface area contributed by atoms with Crippen LogP contribution in [0.5, 0.6) is 5.75 Å². The Kier molecular flexibility index (Phi) is 7.33. The average molecular weight is 391 g/mol. The van der Waals surface area contributed by atoms with Gasteiger partial charge in [0.1, 0.15) is 23.1 Å². The number of nitrogens with one attached hydrogen (secondary N) is 1. The van der Waals surface area contributed by atoms with E-state index in [1.54, 1.807) is 31.4 Å². The van der Waals surface area contributed by atoms with Gasteiger partial charge in [0.2, 0.25) is 0 Å². The number of ether oxygens (including phenoxy) is 2. The Labute approximate surface area is 163 Å². The van der Waals surface area contributed by atoms with Crippen molar-refractivity contribution < 1.29 is 19.1 Å². The van der Waals surface area contributed by atoms with E-state index in [1.807, 2.05) is 19.9 Å². The molecule has 6 nitrogen and oxygen atoms in total. The van der Waals surface area contributed by atoms with E-state index < -0.39 is 5.91 Å². The van der Waals surface area contributed by atoms with E-state index >= 15 is 0 Å². The van der Waals surface area contributed by atoms with Gasteiger partial charge in [-0.1, -0.05) is 31.5 Å². The SMILES string of the molecule is COCCOc1ccc(C(C)=O)c(NC(=O)c2cccc(C(C)C)n2)c1Cl. The van der Waals surface area contributed by atoms with Crippen LogP contribution >= 0.6 is 11.6 Å². The molecule has 0 aliphatic heterocycles. The third-order valence-electron chi connectivity index (χ3n) is 3.86. The van der Waals surface area contributed by atoms with Gasteiger partial charge in [0.05, 0.1) is 12.3 Å².